The van der Waals surface area contributed by atoms with Crippen LogP contribution in [0, 0.1) is 11.7 Å². The lowest BCUT2D eigenvalue weighted by Crippen LogP contribution is -2.49. The second-order valence-electron chi connectivity index (χ2n) is 8.24. The van der Waals surface area contributed by atoms with E-state index >= 15 is 0 Å². The number of hydrogen-bond donors (Lipinski definition) is 0. The van der Waals surface area contributed by atoms with Gasteiger partial charge >= 0.3 is 11.7 Å². The van der Waals surface area contributed by atoms with Crippen molar-refractivity contribution in [3.63, 3.8) is 0 Å². The standard InChI is InChI=1S/C25H25FN4O5/c1-2-35-24(33)18-9-7-13-28(16-18)22(31)21-23(32)29(15-17-8-6-10-19(26)14-17)25(34)30(27-21)20-11-4-3-5-12-20/h3-6,8,10-12,14,18H,2,7,9,13,15-16H2,1H3/t18-/m0/s1. The molecule has 1 saturated heterocycles. The van der Waals surface area contributed by atoms with Crippen LogP contribution in [0.1, 0.15) is 35.8 Å². The number of likely N-dealkylation sites (tertiary alicyclic amines) is 1. The third-order valence-corrected chi connectivity index (χ3v) is 5.82. The van der Waals surface area contributed by atoms with Gasteiger partial charge in [-0.3, -0.25) is 19.0 Å². The molecule has 1 aliphatic heterocycles. The van der Waals surface area contributed by atoms with Crippen molar-refractivity contribution in [3.8, 4) is 5.69 Å². The highest BCUT2D eigenvalue weighted by Crippen LogP contribution is 2.19. The second-order valence-corrected chi connectivity index (χ2v) is 8.24. The molecule has 2 heterocycles. The Morgan fingerprint density at radius 1 is 1.11 bits per heavy atom. The maximum absolute atomic E-state index is 13.7. The number of rotatable bonds is 6. The number of halogens is 1. The van der Waals surface area contributed by atoms with Gasteiger partial charge in [0.25, 0.3) is 11.5 Å². The molecule has 0 aliphatic carbocycles. The number of amides is 1. The van der Waals surface area contributed by atoms with Crippen LogP contribution in [0.2, 0.25) is 0 Å². The number of para-hydroxylation sites is 1. The van der Waals surface area contributed by atoms with E-state index in [1.54, 1.807) is 43.3 Å². The summed E-state index contributed by atoms with van der Waals surface area (Å²) in [5, 5.41) is 4.13. The van der Waals surface area contributed by atoms with Crippen LogP contribution in [0.4, 0.5) is 4.39 Å². The van der Waals surface area contributed by atoms with Crippen molar-refractivity contribution >= 4 is 11.9 Å². The third-order valence-electron chi connectivity index (χ3n) is 5.82. The molecule has 0 spiro atoms. The summed E-state index contributed by atoms with van der Waals surface area (Å²) in [4.78, 5) is 53.6. The maximum Gasteiger partial charge on any atom is 0.352 e. The number of ether oxygens (including phenoxy) is 1. The molecule has 0 bridgehead atoms. The maximum atomic E-state index is 13.7. The summed E-state index contributed by atoms with van der Waals surface area (Å²) < 4.78 is 20.7. The van der Waals surface area contributed by atoms with Gasteiger partial charge in [-0.25, -0.2) is 9.18 Å². The van der Waals surface area contributed by atoms with Gasteiger partial charge in [0.2, 0.25) is 5.69 Å². The van der Waals surface area contributed by atoms with Crippen LogP contribution in [-0.2, 0) is 16.1 Å². The minimum atomic E-state index is -0.880. The van der Waals surface area contributed by atoms with Gasteiger partial charge in [-0.2, -0.15) is 9.78 Å². The first-order valence-electron chi connectivity index (χ1n) is 11.4. The van der Waals surface area contributed by atoms with Crippen molar-refractivity contribution < 1.29 is 18.7 Å². The predicted octanol–water partition coefficient (Wildman–Crippen LogP) is 2.00. The molecular weight excluding hydrogens is 455 g/mol. The highest BCUT2D eigenvalue weighted by Gasteiger charge is 2.32. The number of benzene rings is 2. The molecule has 1 fully saturated rings. The van der Waals surface area contributed by atoms with Gasteiger partial charge in [0.1, 0.15) is 5.82 Å². The Hall–Kier alpha value is -4.08. The minimum absolute atomic E-state index is 0.0904. The van der Waals surface area contributed by atoms with E-state index in [1.165, 1.54) is 23.1 Å². The van der Waals surface area contributed by atoms with E-state index in [1.807, 2.05) is 0 Å². The molecule has 1 aliphatic rings. The average Bonchev–Trinajstić information content (AvgIpc) is 2.87. The van der Waals surface area contributed by atoms with Gasteiger partial charge in [-0.1, -0.05) is 30.3 Å². The van der Waals surface area contributed by atoms with Crippen molar-refractivity contribution in [2.45, 2.75) is 26.3 Å². The highest BCUT2D eigenvalue weighted by atomic mass is 19.1. The molecule has 182 valence electrons. The van der Waals surface area contributed by atoms with E-state index in [4.69, 9.17) is 4.74 Å². The van der Waals surface area contributed by atoms with E-state index in [-0.39, 0.29) is 19.7 Å². The Morgan fingerprint density at radius 2 is 1.89 bits per heavy atom. The van der Waals surface area contributed by atoms with Gasteiger partial charge in [0.15, 0.2) is 0 Å². The molecular formula is C25H25FN4O5. The molecule has 1 aromatic heterocycles. The van der Waals surface area contributed by atoms with Crippen molar-refractivity contribution in [1.82, 2.24) is 19.2 Å². The SMILES string of the molecule is CCOC(=O)[C@H]1CCCN(C(=O)c2nn(-c3ccccc3)c(=O)n(Cc3cccc(F)c3)c2=O)C1. The largest absolute Gasteiger partial charge is 0.466 e. The number of carbonyl (C=O) groups excluding carboxylic acids is 2. The fourth-order valence-electron chi connectivity index (χ4n) is 4.11. The number of carbonyl (C=O) groups is 2. The lowest BCUT2D eigenvalue weighted by atomic mass is 9.98. The van der Waals surface area contributed by atoms with E-state index < -0.39 is 40.6 Å². The van der Waals surface area contributed by atoms with Gasteiger partial charge in [0.05, 0.1) is 24.8 Å². The highest BCUT2D eigenvalue weighted by molar-refractivity contribution is 5.92. The molecule has 9 nitrogen and oxygen atoms in total. The zero-order valence-electron chi connectivity index (χ0n) is 19.2. The monoisotopic (exact) mass is 480 g/mol. The van der Waals surface area contributed by atoms with Gasteiger partial charge in [-0.15, -0.1) is 0 Å². The van der Waals surface area contributed by atoms with E-state index in [2.05, 4.69) is 5.10 Å². The van der Waals surface area contributed by atoms with Crippen LogP contribution >= 0.6 is 0 Å². The summed E-state index contributed by atoms with van der Waals surface area (Å²) in [6.45, 7) is 2.13. The smallest absolute Gasteiger partial charge is 0.352 e. The van der Waals surface area contributed by atoms with Crippen molar-refractivity contribution in [1.29, 1.82) is 0 Å². The van der Waals surface area contributed by atoms with Crippen molar-refractivity contribution in [2.24, 2.45) is 5.92 Å². The zero-order valence-corrected chi connectivity index (χ0v) is 19.2. The number of hydrogen-bond acceptors (Lipinski definition) is 6. The number of aromatic nitrogens is 3. The molecule has 4 rings (SSSR count). The van der Waals surface area contributed by atoms with Crippen LogP contribution < -0.4 is 11.2 Å². The van der Waals surface area contributed by atoms with Crippen LogP contribution in [-0.4, -0.2) is 50.8 Å². The van der Waals surface area contributed by atoms with Crippen molar-refractivity contribution in [2.75, 3.05) is 19.7 Å². The molecule has 3 aromatic rings. The zero-order chi connectivity index (χ0) is 24.9. The molecule has 0 radical (unpaired) electrons. The molecule has 10 heteroatoms. The number of nitrogens with zero attached hydrogens (tertiary/aromatic N) is 4. The third kappa shape index (κ3) is 5.21. The first-order valence-corrected chi connectivity index (χ1v) is 11.4. The molecule has 1 amide bonds. The molecule has 1 atom stereocenters. The summed E-state index contributed by atoms with van der Waals surface area (Å²) in [5.41, 5.74) is -1.34. The quantitative estimate of drug-likeness (QED) is 0.500. The Morgan fingerprint density at radius 3 is 2.60 bits per heavy atom. The Kier molecular flexibility index (Phi) is 7.19. The first-order chi connectivity index (χ1) is 16.9. The van der Waals surface area contributed by atoms with Gasteiger partial charge < -0.3 is 9.64 Å². The lowest BCUT2D eigenvalue weighted by Gasteiger charge is -2.31. The summed E-state index contributed by atoms with van der Waals surface area (Å²) >= 11 is 0. The number of esters is 1. The van der Waals surface area contributed by atoms with Gasteiger partial charge in [-0.05, 0) is 49.6 Å². The lowest BCUT2D eigenvalue weighted by molar-refractivity contribution is -0.149. The Labute approximate surface area is 200 Å². The van der Waals surface area contributed by atoms with Crippen LogP contribution in [0.15, 0.2) is 64.2 Å². The molecule has 0 unspecified atom stereocenters. The first kappa shape index (κ1) is 24.1. The normalized spacial score (nSPS) is 15.6. The number of piperidine rings is 1. The fraction of sp³-hybridized carbons (Fsp3) is 0.320. The minimum Gasteiger partial charge on any atom is -0.466 e. The van der Waals surface area contributed by atoms with E-state index in [0.717, 1.165) is 9.25 Å². The van der Waals surface area contributed by atoms with Crippen LogP contribution in [0.5, 0.6) is 0 Å². The van der Waals surface area contributed by atoms with Crippen LogP contribution in [0.3, 0.4) is 0 Å². The Bertz CT molecular complexity index is 1350. The van der Waals surface area contributed by atoms with Crippen LogP contribution in [0.25, 0.3) is 5.69 Å². The molecule has 2 aromatic carbocycles. The summed E-state index contributed by atoms with van der Waals surface area (Å²) in [5.74, 6) is -2.08. The topological polar surface area (TPSA) is 104 Å². The summed E-state index contributed by atoms with van der Waals surface area (Å²) in [6.07, 6.45) is 1.13. The Balaban J connectivity index is 1.77. The molecule has 0 saturated carbocycles. The fourth-order valence-corrected chi connectivity index (χ4v) is 4.11. The van der Waals surface area contributed by atoms with E-state index in [9.17, 15) is 23.6 Å². The molecule has 0 N–H and O–H groups in total. The van der Waals surface area contributed by atoms with E-state index in [0.29, 0.717) is 30.6 Å². The summed E-state index contributed by atoms with van der Waals surface area (Å²) in [7, 11) is 0. The second kappa shape index (κ2) is 10.5. The van der Waals surface area contributed by atoms with Gasteiger partial charge in [0, 0.05) is 13.1 Å². The predicted molar refractivity (Wildman–Crippen MR) is 125 cm³/mol. The molecule has 35 heavy (non-hydrogen) atoms. The summed E-state index contributed by atoms with van der Waals surface area (Å²) in [6, 6.07) is 13.9. The van der Waals surface area contributed by atoms with Crippen molar-refractivity contribution in [3.05, 3.63) is 92.5 Å². The average molecular weight is 480 g/mol.